The third kappa shape index (κ3) is 5.25. The van der Waals surface area contributed by atoms with Gasteiger partial charge in [-0.1, -0.05) is 46.3 Å². The summed E-state index contributed by atoms with van der Waals surface area (Å²) >= 11 is 0. The van der Waals surface area contributed by atoms with Crippen LogP contribution in [0.15, 0.2) is 11.6 Å². The highest BCUT2D eigenvalue weighted by molar-refractivity contribution is 5.76. The first-order valence-electron chi connectivity index (χ1n) is 7.31. The van der Waals surface area contributed by atoms with Gasteiger partial charge in [-0.15, -0.1) is 0 Å². The molecular formula is C16H31NO3. The van der Waals surface area contributed by atoms with E-state index < -0.39 is 0 Å². The summed E-state index contributed by atoms with van der Waals surface area (Å²) in [6.45, 7) is 11.7. The second-order valence-electron chi connectivity index (χ2n) is 6.25. The number of hydrogen-bond donors (Lipinski definition) is 2. The van der Waals surface area contributed by atoms with Crippen LogP contribution in [0.4, 0.5) is 0 Å². The predicted octanol–water partition coefficient (Wildman–Crippen LogP) is 2.52. The third-order valence-electron chi connectivity index (χ3n) is 4.60. The van der Waals surface area contributed by atoms with E-state index in [0.29, 0.717) is 6.61 Å². The van der Waals surface area contributed by atoms with Crippen LogP contribution in [0.3, 0.4) is 0 Å². The molecule has 0 rings (SSSR count). The van der Waals surface area contributed by atoms with Gasteiger partial charge < -0.3 is 15.2 Å². The van der Waals surface area contributed by atoms with Crippen LogP contribution in [0.25, 0.3) is 0 Å². The molecule has 118 valence electrons. The maximum atomic E-state index is 11.1. The summed E-state index contributed by atoms with van der Waals surface area (Å²) in [6.07, 6.45) is 3.70. The van der Waals surface area contributed by atoms with Crippen LogP contribution in [0, 0.1) is 10.8 Å². The number of ether oxygens (including phenoxy) is 1. The van der Waals surface area contributed by atoms with Gasteiger partial charge in [-0.3, -0.25) is 4.79 Å². The van der Waals surface area contributed by atoms with Gasteiger partial charge in [0.15, 0.2) is 0 Å². The van der Waals surface area contributed by atoms with Crippen LogP contribution >= 0.6 is 0 Å². The fraction of sp³-hybridized carbons (Fsp3) is 0.812. The molecule has 0 aromatic carbocycles. The summed E-state index contributed by atoms with van der Waals surface area (Å²) < 4.78 is 5.41. The minimum absolute atomic E-state index is 0.0205. The molecule has 1 amide bonds. The number of amides is 1. The van der Waals surface area contributed by atoms with E-state index in [1.807, 2.05) is 6.08 Å². The van der Waals surface area contributed by atoms with Gasteiger partial charge in [0.1, 0.15) is 6.61 Å². The summed E-state index contributed by atoms with van der Waals surface area (Å²) in [5, 5.41) is 11.7. The number of carbonyl (C=O) groups excluding carboxylic acids is 1. The molecule has 2 N–H and O–H groups in total. The zero-order chi connectivity index (χ0) is 15.8. The topological polar surface area (TPSA) is 58.6 Å². The second-order valence-corrected chi connectivity index (χ2v) is 6.25. The van der Waals surface area contributed by atoms with Gasteiger partial charge in [0, 0.05) is 13.7 Å². The van der Waals surface area contributed by atoms with Crippen molar-refractivity contribution in [3.8, 4) is 0 Å². The lowest BCUT2D eigenvalue weighted by Crippen LogP contribution is -2.36. The lowest BCUT2D eigenvalue weighted by atomic mass is 9.61. The van der Waals surface area contributed by atoms with Crippen LogP contribution in [-0.4, -0.2) is 37.9 Å². The lowest BCUT2D eigenvalue weighted by molar-refractivity contribution is -0.125. The summed E-state index contributed by atoms with van der Waals surface area (Å²) in [7, 11) is 1.60. The van der Waals surface area contributed by atoms with E-state index in [-0.39, 0.29) is 30.0 Å². The first-order valence-corrected chi connectivity index (χ1v) is 7.31. The Kier molecular flexibility index (Phi) is 8.06. The number of aliphatic hydroxyl groups is 1. The zero-order valence-corrected chi connectivity index (χ0v) is 13.9. The van der Waals surface area contributed by atoms with Gasteiger partial charge in [0.25, 0.3) is 0 Å². The van der Waals surface area contributed by atoms with Gasteiger partial charge in [-0.25, -0.2) is 0 Å². The standard InChI is InChI=1S/C16H31NO3/c1-7-13(8-10-18)16(4,5)15(2,3)9-11-20-12-14(19)17-6/h8,18H,7,9-12H2,1-6H3,(H,17,19). The molecule has 4 heteroatoms. The van der Waals surface area contributed by atoms with Crippen molar-refractivity contribution in [1.82, 2.24) is 5.32 Å². The van der Waals surface area contributed by atoms with Crippen LogP contribution < -0.4 is 5.32 Å². The van der Waals surface area contributed by atoms with Crippen molar-refractivity contribution in [1.29, 1.82) is 0 Å². The van der Waals surface area contributed by atoms with E-state index in [9.17, 15) is 4.79 Å². The second kappa shape index (κ2) is 8.42. The minimum atomic E-state index is -0.100. The van der Waals surface area contributed by atoms with Crippen molar-refractivity contribution in [3.05, 3.63) is 11.6 Å². The van der Waals surface area contributed by atoms with E-state index in [4.69, 9.17) is 9.84 Å². The molecule has 0 atom stereocenters. The number of aliphatic hydroxyl groups excluding tert-OH is 1. The van der Waals surface area contributed by atoms with Crippen LogP contribution in [-0.2, 0) is 9.53 Å². The number of carbonyl (C=O) groups is 1. The van der Waals surface area contributed by atoms with Gasteiger partial charge in [0.05, 0.1) is 6.61 Å². The maximum Gasteiger partial charge on any atom is 0.245 e. The fourth-order valence-electron chi connectivity index (χ4n) is 2.26. The molecule has 0 radical (unpaired) electrons. The van der Waals surface area contributed by atoms with Crippen LogP contribution in [0.2, 0.25) is 0 Å². The highest BCUT2D eigenvalue weighted by atomic mass is 16.5. The first-order chi connectivity index (χ1) is 9.22. The van der Waals surface area contributed by atoms with E-state index >= 15 is 0 Å². The Morgan fingerprint density at radius 3 is 2.35 bits per heavy atom. The molecule has 20 heavy (non-hydrogen) atoms. The average molecular weight is 285 g/mol. The van der Waals surface area contributed by atoms with Crippen molar-refractivity contribution in [2.24, 2.45) is 10.8 Å². The van der Waals surface area contributed by atoms with Crippen molar-refractivity contribution >= 4 is 5.91 Å². The summed E-state index contributed by atoms with van der Waals surface area (Å²) in [5.41, 5.74) is 1.25. The number of nitrogens with one attached hydrogen (secondary N) is 1. The number of hydrogen-bond acceptors (Lipinski definition) is 3. The Morgan fingerprint density at radius 2 is 1.90 bits per heavy atom. The summed E-state index contributed by atoms with van der Waals surface area (Å²) in [4.78, 5) is 11.1. The fourth-order valence-corrected chi connectivity index (χ4v) is 2.26. The molecule has 0 spiro atoms. The quantitative estimate of drug-likeness (QED) is 0.505. The molecule has 0 aliphatic carbocycles. The Bertz CT molecular complexity index is 333. The normalized spacial score (nSPS) is 13.4. The first kappa shape index (κ1) is 19.1. The van der Waals surface area contributed by atoms with Gasteiger partial charge in [-0.05, 0) is 23.7 Å². The Balaban J connectivity index is 4.60. The number of rotatable bonds is 9. The Labute approximate surface area is 123 Å². The number of likely N-dealkylation sites (N-methyl/N-ethyl adjacent to an activating group) is 1. The van der Waals surface area contributed by atoms with Crippen molar-refractivity contribution in [3.63, 3.8) is 0 Å². The zero-order valence-electron chi connectivity index (χ0n) is 13.9. The monoisotopic (exact) mass is 285 g/mol. The third-order valence-corrected chi connectivity index (χ3v) is 4.60. The molecule has 0 aliphatic rings. The molecule has 0 fully saturated rings. The van der Waals surface area contributed by atoms with E-state index in [2.05, 4.69) is 39.9 Å². The van der Waals surface area contributed by atoms with E-state index in [0.717, 1.165) is 12.8 Å². The average Bonchev–Trinajstić information content (AvgIpc) is 2.40. The van der Waals surface area contributed by atoms with Gasteiger partial charge in [0.2, 0.25) is 5.91 Å². The van der Waals surface area contributed by atoms with Crippen molar-refractivity contribution in [2.75, 3.05) is 26.9 Å². The molecule has 0 aromatic rings. The lowest BCUT2D eigenvalue weighted by Gasteiger charge is -2.44. The largest absolute Gasteiger partial charge is 0.392 e. The predicted molar refractivity (Wildman–Crippen MR) is 82.5 cm³/mol. The highest BCUT2D eigenvalue weighted by Crippen LogP contribution is 2.47. The molecule has 0 saturated carbocycles. The van der Waals surface area contributed by atoms with Crippen molar-refractivity contribution < 1.29 is 14.6 Å². The molecule has 0 aliphatic heterocycles. The number of allylic oxidation sites excluding steroid dienone is 1. The minimum Gasteiger partial charge on any atom is -0.392 e. The van der Waals surface area contributed by atoms with E-state index in [1.165, 1.54) is 5.57 Å². The molecule has 0 saturated heterocycles. The Morgan fingerprint density at radius 1 is 1.30 bits per heavy atom. The molecule has 0 unspecified atom stereocenters. The molecule has 4 nitrogen and oxygen atoms in total. The van der Waals surface area contributed by atoms with E-state index in [1.54, 1.807) is 7.05 Å². The van der Waals surface area contributed by atoms with Crippen molar-refractivity contribution in [2.45, 2.75) is 47.5 Å². The van der Waals surface area contributed by atoms with Crippen LogP contribution in [0.5, 0.6) is 0 Å². The summed E-state index contributed by atoms with van der Waals surface area (Å²) in [5.74, 6) is -0.100. The molecule has 0 aromatic heterocycles. The maximum absolute atomic E-state index is 11.1. The Hall–Kier alpha value is -0.870. The van der Waals surface area contributed by atoms with Crippen LogP contribution in [0.1, 0.15) is 47.5 Å². The molecule has 0 heterocycles. The SMILES string of the molecule is CCC(=CCO)C(C)(C)C(C)(C)CCOCC(=O)NC. The highest BCUT2D eigenvalue weighted by Gasteiger charge is 2.38. The smallest absolute Gasteiger partial charge is 0.245 e. The van der Waals surface area contributed by atoms with Gasteiger partial charge >= 0.3 is 0 Å². The van der Waals surface area contributed by atoms with Gasteiger partial charge in [-0.2, -0.15) is 0 Å². The summed E-state index contributed by atoms with van der Waals surface area (Å²) in [6, 6.07) is 0. The molecular weight excluding hydrogens is 254 g/mol. The molecule has 0 bridgehead atoms.